The number of amides is 1. The Kier molecular flexibility index (Phi) is 4.40. The van der Waals surface area contributed by atoms with Crippen LogP contribution in [0, 0.1) is 11.2 Å². The topological polar surface area (TPSA) is 42.0 Å². The molecule has 0 aromatic carbocycles. The largest absolute Gasteiger partial charge is 0.351 e. The molecule has 19 heavy (non-hydrogen) atoms. The number of carbonyl (C=O) groups excluding carboxylic acids is 1. The Hall–Kier alpha value is -1.16. The minimum atomic E-state index is -0.557. The zero-order valence-electron chi connectivity index (χ0n) is 11.0. The Morgan fingerprint density at radius 1 is 1.47 bits per heavy atom. The van der Waals surface area contributed by atoms with E-state index in [2.05, 4.69) is 17.2 Å². The SMILES string of the molecule is CC1(CNC(=O)c2cc(F)cnc2Cl)CCCCC1. The number of pyridine rings is 1. The number of nitrogens with one attached hydrogen (secondary N) is 1. The van der Waals surface area contributed by atoms with Crippen molar-refractivity contribution >= 4 is 17.5 Å². The molecule has 1 aromatic heterocycles. The summed E-state index contributed by atoms with van der Waals surface area (Å²) in [5.41, 5.74) is 0.238. The summed E-state index contributed by atoms with van der Waals surface area (Å²) in [6, 6.07) is 1.12. The van der Waals surface area contributed by atoms with Crippen LogP contribution in [0.25, 0.3) is 0 Å². The van der Waals surface area contributed by atoms with Crippen molar-refractivity contribution < 1.29 is 9.18 Å². The maximum Gasteiger partial charge on any atom is 0.254 e. The van der Waals surface area contributed by atoms with E-state index in [-0.39, 0.29) is 22.0 Å². The van der Waals surface area contributed by atoms with E-state index in [1.54, 1.807) is 0 Å². The summed E-state index contributed by atoms with van der Waals surface area (Å²) in [6.45, 7) is 2.77. The maximum atomic E-state index is 13.1. The van der Waals surface area contributed by atoms with Crippen LogP contribution >= 0.6 is 11.6 Å². The molecule has 2 rings (SSSR count). The molecule has 0 unspecified atom stereocenters. The molecular formula is C14H18ClFN2O. The van der Waals surface area contributed by atoms with Crippen LogP contribution in [0.4, 0.5) is 4.39 Å². The van der Waals surface area contributed by atoms with Gasteiger partial charge in [-0.25, -0.2) is 9.37 Å². The van der Waals surface area contributed by atoms with E-state index in [1.165, 1.54) is 19.3 Å². The zero-order valence-corrected chi connectivity index (χ0v) is 11.8. The second-order valence-corrected chi connectivity index (χ2v) is 5.90. The van der Waals surface area contributed by atoms with E-state index in [4.69, 9.17) is 11.6 Å². The lowest BCUT2D eigenvalue weighted by Gasteiger charge is -2.33. The Morgan fingerprint density at radius 2 is 2.16 bits per heavy atom. The van der Waals surface area contributed by atoms with Gasteiger partial charge in [0.15, 0.2) is 0 Å². The smallest absolute Gasteiger partial charge is 0.254 e. The number of hydrogen-bond donors (Lipinski definition) is 1. The van der Waals surface area contributed by atoms with E-state index in [1.807, 2.05) is 0 Å². The first-order valence-corrected chi connectivity index (χ1v) is 6.97. The van der Waals surface area contributed by atoms with Gasteiger partial charge in [-0.15, -0.1) is 0 Å². The second-order valence-electron chi connectivity index (χ2n) is 5.55. The van der Waals surface area contributed by atoms with Crippen LogP contribution in [0.5, 0.6) is 0 Å². The second kappa shape index (κ2) is 5.87. The highest BCUT2D eigenvalue weighted by atomic mass is 35.5. The van der Waals surface area contributed by atoms with Gasteiger partial charge in [0.25, 0.3) is 5.91 Å². The summed E-state index contributed by atoms with van der Waals surface area (Å²) in [4.78, 5) is 15.6. The van der Waals surface area contributed by atoms with Gasteiger partial charge in [-0.3, -0.25) is 4.79 Å². The maximum absolute atomic E-state index is 13.1. The van der Waals surface area contributed by atoms with Crippen molar-refractivity contribution in [2.75, 3.05) is 6.54 Å². The van der Waals surface area contributed by atoms with E-state index < -0.39 is 5.82 Å². The monoisotopic (exact) mass is 284 g/mol. The first-order valence-electron chi connectivity index (χ1n) is 6.59. The summed E-state index contributed by atoms with van der Waals surface area (Å²) >= 11 is 5.81. The Balaban J connectivity index is 1.99. The number of carbonyl (C=O) groups is 1. The third kappa shape index (κ3) is 3.66. The summed E-state index contributed by atoms with van der Waals surface area (Å²) in [7, 11) is 0. The minimum Gasteiger partial charge on any atom is -0.351 e. The van der Waals surface area contributed by atoms with Crippen LogP contribution in [-0.4, -0.2) is 17.4 Å². The van der Waals surface area contributed by atoms with Gasteiger partial charge in [0.05, 0.1) is 11.8 Å². The van der Waals surface area contributed by atoms with Gasteiger partial charge in [-0.2, -0.15) is 0 Å². The number of nitrogens with zero attached hydrogens (tertiary/aromatic N) is 1. The molecule has 1 aliphatic rings. The van der Waals surface area contributed by atoms with Crippen LogP contribution in [0.3, 0.4) is 0 Å². The van der Waals surface area contributed by atoms with Crippen LogP contribution in [0.2, 0.25) is 5.15 Å². The summed E-state index contributed by atoms with van der Waals surface area (Å²) in [5.74, 6) is -0.915. The van der Waals surface area contributed by atoms with Gasteiger partial charge in [-0.05, 0) is 24.3 Å². The first-order chi connectivity index (χ1) is 9.00. The van der Waals surface area contributed by atoms with Gasteiger partial charge >= 0.3 is 0 Å². The molecule has 1 amide bonds. The Bertz CT molecular complexity index is 473. The van der Waals surface area contributed by atoms with Crippen molar-refractivity contribution in [3.8, 4) is 0 Å². The molecule has 0 radical (unpaired) electrons. The molecule has 104 valence electrons. The minimum absolute atomic E-state index is 0.0349. The molecule has 0 spiro atoms. The van der Waals surface area contributed by atoms with Crippen molar-refractivity contribution in [1.29, 1.82) is 0 Å². The van der Waals surface area contributed by atoms with Crippen LogP contribution in [-0.2, 0) is 0 Å². The molecule has 1 N–H and O–H groups in total. The highest BCUT2D eigenvalue weighted by molar-refractivity contribution is 6.32. The average molecular weight is 285 g/mol. The van der Waals surface area contributed by atoms with E-state index >= 15 is 0 Å². The molecule has 3 nitrogen and oxygen atoms in total. The molecular weight excluding hydrogens is 267 g/mol. The predicted molar refractivity (Wildman–Crippen MR) is 72.7 cm³/mol. The van der Waals surface area contributed by atoms with Gasteiger partial charge in [0.2, 0.25) is 0 Å². The van der Waals surface area contributed by atoms with Gasteiger partial charge in [-0.1, -0.05) is 37.8 Å². The number of hydrogen-bond acceptors (Lipinski definition) is 2. The molecule has 1 saturated carbocycles. The lowest BCUT2D eigenvalue weighted by Crippen LogP contribution is -2.37. The summed E-state index contributed by atoms with van der Waals surface area (Å²) < 4.78 is 13.1. The highest BCUT2D eigenvalue weighted by Crippen LogP contribution is 2.35. The molecule has 1 heterocycles. The summed E-state index contributed by atoms with van der Waals surface area (Å²) in [6.07, 6.45) is 6.90. The summed E-state index contributed by atoms with van der Waals surface area (Å²) in [5, 5.41) is 2.88. The lowest BCUT2D eigenvalue weighted by atomic mass is 9.76. The van der Waals surface area contributed by atoms with Crippen molar-refractivity contribution in [2.45, 2.75) is 39.0 Å². The van der Waals surface area contributed by atoms with Crippen molar-refractivity contribution in [3.63, 3.8) is 0 Å². The molecule has 1 fully saturated rings. The van der Waals surface area contributed by atoms with Gasteiger partial charge in [0.1, 0.15) is 11.0 Å². The fraction of sp³-hybridized carbons (Fsp3) is 0.571. The molecule has 0 saturated heterocycles. The number of aromatic nitrogens is 1. The molecule has 1 aliphatic carbocycles. The zero-order chi connectivity index (χ0) is 13.9. The predicted octanol–water partition coefficient (Wildman–Crippen LogP) is 3.57. The van der Waals surface area contributed by atoms with Crippen molar-refractivity contribution in [1.82, 2.24) is 10.3 Å². The molecule has 0 bridgehead atoms. The molecule has 0 aliphatic heterocycles. The third-order valence-electron chi connectivity index (χ3n) is 3.79. The first kappa shape index (κ1) is 14.3. The number of rotatable bonds is 3. The molecule has 5 heteroatoms. The molecule has 0 atom stereocenters. The van der Waals surface area contributed by atoms with Gasteiger partial charge in [0, 0.05) is 6.54 Å². The average Bonchev–Trinajstić information content (AvgIpc) is 2.40. The quantitative estimate of drug-likeness (QED) is 0.862. The van der Waals surface area contributed by atoms with Crippen molar-refractivity contribution in [3.05, 3.63) is 28.8 Å². The van der Waals surface area contributed by atoms with Crippen LogP contribution < -0.4 is 5.32 Å². The number of halogens is 2. The standard InChI is InChI=1S/C14H18ClFN2O/c1-14(5-3-2-4-6-14)9-18-13(19)11-7-10(16)8-17-12(11)15/h7-8H,2-6,9H2,1H3,(H,18,19). The Labute approximate surface area is 117 Å². The van der Waals surface area contributed by atoms with Crippen LogP contribution in [0.1, 0.15) is 49.4 Å². The normalized spacial score (nSPS) is 18.1. The van der Waals surface area contributed by atoms with Crippen LogP contribution in [0.15, 0.2) is 12.3 Å². The van der Waals surface area contributed by atoms with Crippen molar-refractivity contribution in [2.24, 2.45) is 5.41 Å². The highest BCUT2D eigenvalue weighted by Gasteiger charge is 2.27. The third-order valence-corrected chi connectivity index (χ3v) is 4.09. The fourth-order valence-electron chi connectivity index (χ4n) is 2.55. The fourth-order valence-corrected chi connectivity index (χ4v) is 2.74. The van der Waals surface area contributed by atoms with Gasteiger partial charge < -0.3 is 5.32 Å². The van der Waals surface area contributed by atoms with E-state index in [9.17, 15) is 9.18 Å². The van der Waals surface area contributed by atoms with E-state index in [0.717, 1.165) is 25.1 Å². The van der Waals surface area contributed by atoms with E-state index in [0.29, 0.717) is 6.54 Å². The lowest BCUT2D eigenvalue weighted by molar-refractivity contribution is 0.0918. The molecule has 1 aromatic rings. The Morgan fingerprint density at radius 3 is 2.84 bits per heavy atom.